The molecule has 1 aromatic heterocycles. The van der Waals surface area contributed by atoms with Crippen LogP contribution in [-0.2, 0) is 11.3 Å². The Morgan fingerprint density at radius 2 is 2.44 bits per heavy atom. The van der Waals surface area contributed by atoms with Crippen LogP contribution >= 0.6 is 11.3 Å². The van der Waals surface area contributed by atoms with Crippen molar-refractivity contribution in [2.24, 2.45) is 0 Å². The van der Waals surface area contributed by atoms with Gasteiger partial charge in [-0.15, -0.1) is 11.3 Å². The zero-order valence-electron chi connectivity index (χ0n) is 10.2. The largest absolute Gasteiger partial charge is 0.375 e. The number of rotatable bonds is 3. The van der Waals surface area contributed by atoms with Crippen molar-refractivity contribution >= 4 is 11.3 Å². The molecule has 90 valence electrons. The van der Waals surface area contributed by atoms with Crippen molar-refractivity contribution in [1.29, 1.82) is 0 Å². The molecule has 1 saturated heterocycles. The Hall–Kier alpha value is -0.450. The van der Waals surface area contributed by atoms with Gasteiger partial charge in [0.1, 0.15) is 5.01 Å². The van der Waals surface area contributed by atoms with Gasteiger partial charge in [0.2, 0.25) is 0 Å². The normalized spacial score (nSPS) is 24.6. The van der Waals surface area contributed by atoms with Gasteiger partial charge in [-0.25, -0.2) is 4.98 Å². The zero-order chi connectivity index (χ0) is 11.6. The van der Waals surface area contributed by atoms with Crippen molar-refractivity contribution in [3.63, 3.8) is 0 Å². The Labute approximate surface area is 101 Å². The van der Waals surface area contributed by atoms with Gasteiger partial charge in [-0.2, -0.15) is 0 Å². The standard InChI is InChI=1S/C12H20N2OS/c1-9-8-16-11(14-9)7-13-10-4-5-15-12(2,3)6-10/h8,10,13H,4-7H2,1-3H3. The smallest absolute Gasteiger partial charge is 0.107 e. The summed E-state index contributed by atoms with van der Waals surface area (Å²) in [6.07, 6.45) is 2.19. The van der Waals surface area contributed by atoms with Crippen LogP contribution in [0.2, 0.25) is 0 Å². The lowest BCUT2D eigenvalue weighted by molar-refractivity contribution is -0.0630. The number of aromatic nitrogens is 1. The quantitative estimate of drug-likeness (QED) is 0.881. The van der Waals surface area contributed by atoms with E-state index < -0.39 is 0 Å². The van der Waals surface area contributed by atoms with Crippen LogP contribution in [0.5, 0.6) is 0 Å². The molecule has 0 aliphatic carbocycles. The van der Waals surface area contributed by atoms with Gasteiger partial charge >= 0.3 is 0 Å². The van der Waals surface area contributed by atoms with Crippen molar-refractivity contribution < 1.29 is 4.74 Å². The topological polar surface area (TPSA) is 34.1 Å². The monoisotopic (exact) mass is 240 g/mol. The van der Waals surface area contributed by atoms with E-state index >= 15 is 0 Å². The molecule has 2 rings (SSSR count). The van der Waals surface area contributed by atoms with Crippen LogP contribution in [0.25, 0.3) is 0 Å². The van der Waals surface area contributed by atoms with E-state index in [2.05, 4.69) is 29.5 Å². The predicted octanol–water partition coefficient (Wildman–Crippen LogP) is 2.50. The highest BCUT2D eigenvalue weighted by Crippen LogP contribution is 2.24. The molecule has 1 N–H and O–H groups in total. The number of hydrogen-bond donors (Lipinski definition) is 1. The van der Waals surface area contributed by atoms with Crippen molar-refractivity contribution in [3.8, 4) is 0 Å². The fourth-order valence-electron chi connectivity index (χ4n) is 2.12. The van der Waals surface area contributed by atoms with Crippen LogP contribution in [0, 0.1) is 6.92 Å². The summed E-state index contributed by atoms with van der Waals surface area (Å²) < 4.78 is 5.70. The first-order valence-electron chi connectivity index (χ1n) is 5.83. The molecule has 0 saturated carbocycles. The van der Waals surface area contributed by atoms with E-state index in [1.165, 1.54) is 5.01 Å². The van der Waals surface area contributed by atoms with E-state index in [4.69, 9.17) is 4.74 Å². The van der Waals surface area contributed by atoms with E-state index in [1.807, 2.05) is 6.92 Å². The van der Waals surface area contributed by atoms with Gasteiger partial charge in [-0.05, 0) is 33.6 Å². The molecule has 0 amide bonds. The predicted molar refractivity (Wildman–Crippen MR) is 66.7 cm³/mol. The van der Waals surface area contributed by atoms with Crippen molar-refractivity contribution in [1.82, 2.24) is 10.3 Å². The number of ether oxygens (including phenoxy) is 1. The molecule has 1 atom stereocenters. The fraction of sp³-hybridized carbons (Fsp3) is 0.750. The van der Waals surface area contributed by atoms with Gasteiger partial charge in [-0.3, -0.25) is 0 Å². The molecule has 2 heterocycles. The Kier molecular flexibility index (Phi) is 3.62. The Bertz CT molecular complexity index is 349. The summed E-state index contributed by atoms with van der Waals surface area (Å²) in [4.78, 5) is 4.46. The second kappa shape index (κ2) is 4.82. The highest BCUT2D eigenvalue weighted by molar-refractivity contribution is 7.09. The summed E-state index contributed by atoms with van der Waals surface area (Å²) in [6, 6.07) is 0.563. The third-order valence-corrected chi connectivity index (χ3v) is 3.87. The van der Waals surface area contributed by atoms with E-state index in [0.29, 0.717) is 6.04 Å². The molecular formula is C12H20N2OS. The molecule has 3 nitrogen and oxygen atoms in total. The molecule has 1 unspecified atom stereocenters. The maximum atomic E-state index is 5.70. The van der Waals surface area contributed by atoms with Gasteiger partial charge < -0.3 is 10.1 Å². The van der Waals surface area contributed by atoms with Gasteiger partial charge in [-0.1, -0.05) is 0 Å². The molecule has 0 aromatic carbocycles. The maximum absolute atomic E-state index is 5.70. The summed E-state index contributed by atoms with van der Waals surface area (Å²) in [6.45, 7) is 8.11. The van der Waals surface area contributed by atoms with Gasteiger partial charge in [0, 0.05) is 30.3 Å². The molecule has 0 spiro atoms. The molecule has 0 bridgehead atoms. The third kappa shape index (κ3) is 3.27. The number of nitrogens with one attached hydrogen (secondary N) is 1. The van der Waals surface area contributed by atoms with Crippen molar-refractivity contribution in [2.75, 3.05) is 6.61 Å². The minimum atomic E-state index is 0.0225. The maximum Gasteiger partial charge on any atom is 0.107 e. The highest BCUT2D eigenvalue weighted by atomic mass is 32.1. The van der Waals surface area contributed by atoms with Gasteiger partial charge in [0.25, 0.3) is 0 Å². The highest BCUT2D eigenvalue weighted by Gasteiger charge is 2.28. The lowest BCUT2D eigenvalue weighted by atomic mass is 9.94. The number of hydrogen-bond acceptors (Lipinski definition) is 4. The SMILES string of the molecule is Cc1csc(CNC2CCOC(C)(C)C2)n1. The molecule has 1 aliphatic heterocycles. The molecular weight excluding hydrogens is 220 g/mol. The lowest BCUT2D eigenvalue weighted by Gasteiger charge is -2.35. The summed E-state index contributed by atoms with van der Waals surface area (Å²) in [7, 11) is 0. The van der Waals surface area contributed by atoms with Gasteiger partial charge in [0.05, 0.1) is 5.60 Å². The van der Waals surface area contributed by atoms with Crippen LogP contribution in [0.1, 0.15) is 37.4 Å². The van der Waals surface area contributed by atoms with Crippen LogP contribution in [0.3, 0.4) is 0 Å². The average molecular weight is 240 g/mol. The fourth-order valence-corrected chi connectivity index (χ4v) is 2.84. The first-order valence-corrected chi connectivity index (χ1v) is 6.71. The van der Waals surface area contributed by atoms with Crippen LogP contribution in [0.4, 0.5) is 0 Å². The van der Waals surface area contributed by atoms with Crippen molar-refractivity contribution in [2.45, 2.75) is 51.8 Å². The zero-order valence-corrected chi connectivity index (χ0v) is 11.1. The Morgan fingerprint density at radius 3 is 3.06 bits per heavy atom. The molecule has 1 fully saturated rings. The number of nitrogens with zero attached hydrogens (tertiary/aromatic N) is 1. The number of aryl methyl sites for hydroxylation is 1. The second-order valence-corrected chi connectivity index (χ2v) is 6.00. The summed E-state index contributed by atoms with van der Waals surface area (Å²) in [5, 5.41) is 6.86. The Morgan fingerprint density at radius 1 is 1.62 bits per heavy atom. The number of thiazole rings is 1. The van der Waals surface area contributed by atoms with Gasteiger partial charge in [0.15, 0.2) is 0 Å². The summed E-state index contributed by atoms with van der Waals surface area (Å²) in [5.74, 6) is 0. The second-order valence-electron chi connectivity index (χ2n) is 5.06. The average Bonchev–Trinajstić information content (AvgIpc) is 2.60. The Balaban J connectivity index is 1.82. The minimum Gasteiger partial charge on any atom is -0.375 e. The van der Waals surface area contributed by atoms with E-state index in [9.17, 15) is 0 Å². The summed E-state index contributed by atoms with van der Waals surface area (Å²) in [5.41, 5.74) is 1.14. The summed E-state index contributed by atoms with van der Waals surface area (Å²) >= 11 is 1.73. The lowest BCUT2D eigenvalue weighted by Crippen LogP contribution is -2.43. The van der Waals surface area contributed by atoms with E-state index in [-0.39, 0.29) is 5.60 Å². The van der Waals surface area contributed by atoms with E-state index in [0.717, 1.165) is 31.7 Å². The van der Waals surface area contributed by atoms with Crippen LogP contribution < -0.4 is 5.32 Å². The van der Waals surface area contributed by atoms with Crippen molar-refractivity contribution in [3.05, 3.63) is 16.1 Å². The molecule has 4 heteroatoms. The molecule has 0 radical (unpaired) electrons. The van der Waals surface area contributed by atoms with Crippen LogP contribution in [-0.4, -0.2) is 23.2 Å². The van der Waals surface area contributed by atoms with E-state index in [1.54, 1.807) is 11.3 Å². The first kappa shape index (κ1) is 12.0. The molecule has 1 aromatic rings. The van der Waals surface area contributed by atoms with Crippen LogP contribution in [0.15, 0.2) is 5.38 Å². The third-order valence-electron chi connectivity index (χ3n) is 2.91. The molecule has 16 heavy (non-hydrogen) atoms. The minimum absolute atomic E-state index is 0.0225. The molecule has 1 aliphatic rings. The first-order chi connectivity index (χ1) is 7.55.